The van der Waals surface area contributed by atoms with Crippen molar-refractivity contribution >= 4 is 17.2 Å². The summed E-state index contributed by atoms with van der Waals surface area (Å²) in [7, 11) is 1.63. The average Bonchev–Trinajstić information content (AvgIpc) is 2.85. The van der Waals surface area contributed by atoms with E-state index in [1.807, 2.05) is 30.3 Å². The normalized spacial score (nSPS) is 10.8. The second-order valence-corrected chi connectivity index (χ2v) is 4.07. The van der Waals surface area contributed by atoms with Gasteiger partial charge in [0.2, 0.25) is 0 Å². The monoisotopic (exact) mass is 260 g/mol. The van der Waals surface area contributed by atoms with Crippen molar-refractivity contribution in [3.63, 3.8) is 0 Å². The number of halogens is 1. The third-order valence-corrected chi connectivity index (χ3v) is 2.93. The fourth-order valence-corrected chi connectivity index (χ4v) is 1.97. The standard InChI is InChI=1S/C12H9ClN4O/c1-18-9-4-2-8(3-5-9)10-6-11-15-14-7-17(11)16-12(10)13/h2-7H,1H3. The summed E-state index contributed by atoms with van der Waals surface area (Å²) in [6.07, 6.45) is 1.51. The number of nitrogens with zero attached hydrogens (tertiary/aromatic N) is 4. The van der Waals surface area contributed by atoms with Crippen LogP contribution in [0.1, 0.15) is 0 Å². The Morgan fingerprint density at radius 3 is 2.72 bits per heavy atom. The predicted octanol–water partition coefficient (Wildman–Crippen LogP) is 2.45. The summed E-state index contributed by atoms with van der Waals surface area (Å²) in [6.45, 7) is 0. The molecule has 0 aliphatic carbocycles. The van der Waals surface area contributed by atoms with Crippen molar-refractivity contribution in [1.29, 1.82) is 0 Å². The maximum Gasteiger partial charge on any atom is 0.178 e. The zero-order chi connectivity index (χ0) is 12.5. The summed E-state index contributed by atoms with van der Waals surface area (Å²) in [6, 6.07) is 9.45. The fourth-order valence-electron chi connectivity index (χ4n) is 1.72. The SMILES string of the molecule is COc1ccc(-c2cc3nncn3nc2Cl)cc1. The summed E-state index contributed by atoms with van der Waals surface area (Å²) in [5, 5.41) is 12.3. The highest BCUT2D eigenvalue weighted by Crippen LogP contribution is 2.28. The number of rotatable bonds is 2. The van der Waals surface area contributed by atoms with Crippen molar-refractivity contribution in [2.75, 3.05) is 7.11 Å². The fraction of sp³-hybridized carbons (Fsp3) is 0.0833. The first kappa shape index (κ1) is 11.0. The number of fused-ring (bicyclic) bond motifs is 1. The van der Waals surface area contributed by atoms with Crippen LogP contribution in [0.25, 0.3) is 16.8 Å². The molecule has 0 saturated heterocycles. The Bertz CT molecular complexity index is 693. The van der Waals surface area contributed by atoms with Crippen molar-refractivity contribution in [2.45, 2.75) is 0 Å². The van der Waals surface area contributed by atoms with E-state index < -0.39 is 0 Å². The third-order valence-electron chi connectivity index (χ3n) is 2.65. The Morgan fingerprint density at radius 1 is 1.22 bits per heavy atom. The second kappa shape index (κ2) is 4.27. The van der Waals surface area contributed by atoms with Crippen molar-refractivity contribution in [3.05, 3.63) is 41.8 Å². The first-order valence-corrected chi connectivity index (χ1v) is 5.67. The van der Waals surface area contributed by atoms with Crippen LogP contribution in [0.5, 0.6) is 5.75 Å². The number of hydrogen-bond donors (Lipinski definition) is 0. The molecule has 90 valence electrons. The molecule has 3 rings (SSSR count). The Morgan fingerprint density at radius 2 is 2.00 bits per heavy atom. The predicted molar refractivity (Wildman–Crippen MR) is 67.8 cm³/mol. The van der Waals surface area contributed by atoms with Crippen LogP contribution in [-0.2, 0) is 0 Å². The minimum Gasteiger partial charge on any atom is -0.497 e. The summed E-state index contributed by atoms with van der Waals surface area (Å²) in [5.74, 6) is 0.798. The van der Waals surface area contributed by atoms with Crippen LogP contribution in [0.2, 0.25) is 5.15 Å². The van der Waals surface area contributed by atoms with E-state index in [4.69, 9.17) is 16.3 Å². The van der Waals surface area contributed by atoms with Gasteiger partial charge in [0.25, 0.3) is 0 Å². The largest absolute Gasteiger partial charge is 0.497 e. The van der Waals surface area contributed by atoms with E-state index in [2.05, 4.69) is 15.3 Å². The molecule has 0 amide bonds. The molecule has 0 unspecified atom stereocenters. The molecule has 6 heteroatoms. The first-order valence-electron chi connectivity index (χ1n) is 5.29. The summed E-state index contributed by atoms with van der Waals surface area (Å²) < 4.78 is 6.66. The van der Waals surface area contributed by atoms with E-state index in [0.29, 0.717) is 10.8 Å². The Hall–Kier alpha value is -2.14. The Labute approximate surface area is 108 Å². The molecule has 18 heavy (non-hydrogen) atoms. The number of methoxy groups -OCH3 is 1. The molecular formula is C12H9ClN4O. The summed E-state index contributed by atoms with van der Waals surface area (Å²) in [4.78, 5) is 0. The van der Waals surface area contributed by atoms with Crippen LogP contribution in [-0.4, -0.2) is 26.9 Å². The van der Waals surface area contributed by atoms with Crippen molar-refractivity contribution in [2.24, 2.45) is 0 Å². The van der Waals surface area contributed by atoms with Crippen molar-refractivity contribution in [3.8, 4) is 16.9 Å². The number of benzene rings is 1. The van der Waals surface area contributed by atoms with E-state index in [0.717, 1.165) is 16.9 Å². The lowest BCUT2D eigenvalue weighted by Gasteiger charge is -2.05. The van der Waals surface area contributed by atoms with Gasteiger partial charge in [-0.1, -0.05) is 23.7 Å². The van der Waals surface area contributed by atoms with Gasteiger partial charge in [-0.05, 0) is 23.8 Å². The lowest BCUT2D eigenvalue weighted by atomic mass is 10.1. The van der Waals surface area contributed by atoms with Gasteiger partial charge in [0.15, 0.2) is 10.8 Å². The molecule has 0 atom stereocenters. The molecule has 0 fully saturated rings. The minimum absolute atomic E-state index is 0.410. The van der Waals surface area contributed by atoms with Crippen LogP contribution in [0.3, 0.4) is 0 Å². The number of aromatic nitrogens is 4. The zero-order valence-corrected chi connectivity index (χ0v) is 10.3. The van der Waals surface area contributed by atoms with Crippen LogP contribution < -0.4 is 4.74 Å². The van der Waals surface area contributed by atoms with E-state index in [-0.39, 0.29) is 0 Å². The van der Waals surface area contributed by atoms with Gasteiger partial charge < -0.3 is 4.74 Å². The van der Waals surface area contributed by atoms with Crippen LogP contribution in [0, 0.1) is 0 Å². The van der Waals surface area contributed by atoms with Gasteiger partial charge in [0.05, 0.1) is 7.11 Å². The van der Waals surface area contributed by atoms with E-state index in [1.165, 1.54) is 10.8 Å². The molecule has 0 N–H and O–H groups in total. The molecule has 3 aromatic rings. The molecule has 0 aliphatic heterocycles. The highest BCUT2D eigenvalue weighted by atomic mass is 35.5. The van der Waals surface area contributed by atoms with Crippen LogP contribution in [0.4, 0.5) is 0 Å². The smallest absolute Gasteiger partial charge is 0.178 e. The summed E-state index contributed by atoms with van der Waals surface area (Å²) >= 11 is 6.15. The van der Waals surface area contributed by atoms with Gasteiger partial charge in [0.1, 0.15) is 12.1 Å². The first-order chi connectivity index (χ1) is 8.78. The number of hydrogen-bond acceptors (Lipinski definition) is 4. The molecule has 2 heterocycles. The molecule has 0 saturated carbocycles. The van der Waals surface area contributed by atoms with Gasteiger partial charge in [-0.3, -0.25) is 0 Å². The molecule has 0 radical (unpaired) electrons. The van der Waals surface area contributed by atoms with Crippen molar-refractivity contribution < 1.29 is 4.74 Å². The van der Waals surface area contributed by atoms with Gasteiger partial charge in [0, 0.05) is 5.56 Å². The lowest BCUT2D eigenvalue weighted by Crippen LogP contribution is -1.93. The molecular weight excluding hydrogens is 252 g/mol. The number of ether oxygens (including phenoxy) is 1. The molecule has 2 aromatic heterocycles. The Balaban J connectivity index is 2.14. The maximum absolute atomic E-state index is 6.15. The Kier molecular flexibility index (Phi) is 2.60. The van der Waals surface area contributed by atoms with Crippen LogP contribution >= 0.6 is 11.6 Å². The highest BCUT2D eigenvalue weighted by Gasteiger charge is 2.08. The topological polar surface area (TPSA) is 52.3 Å². The maximum atomic E-state index is 6.15. The second-order valence-electron chi connectivity index (χ2n) is 3.71. The van der Waals surface area contributed by atoms with Gasteiger partial charge in [-0.15, -0.1) is 10.2 Å². The molecule has 0 aliphatic rings. The summed E-state index contributed by atoms with van der Waals surface area (Å²) in [5.41, 5.74) is 2.43. The molecule has 0 spiro atoms. The molecule has 5 nitrogen and oxygen atoms in total. The zero-order valence-electron chi connectivity index (χ0n) is 9.54. The minimum atomic E-state index is 0.410. The van der Waals surface area contributed by atoms with Gasteiger partial charge >= 0.3 is 0 Å². The molecule has 1 aromatic carbocycles. The highest BCUT2D eigenvalue weighted by molar-refractivity contribution is 6.32. The van der Waals surface area contributed by atoms with E-state index >= 15 is 0 Å². The van der Waals surface area contributed by atoms with E-state index in [1.54, 1.807) is 7.11 Å². The quantitative estimate of drug-likeness (QED) is 0.710. The molecule has 0 bridgehead atoms. The third kappa shape index (κ3) is 1.78. The van der Waals surface area contributed by atoms with Gasteiger partial charge in [-0.25, -0.2) is 0 Å². The van der Waals surface area contributed by atoms with Crippen molar-refractivity contribution in [1.82, 2.24) is 19.8 Å². The average molecular weight is 261 g/mol. The van der Waals surface area contributed by atoms with E-state index in [9.17, 15) is 0 Å². The lowest BCUT2D eigenvalue weighted by molar-refractivity contribution is 0.415. The van der Waals surface area contributed by atoms with Gasteiger partial charge in [-0.2, -0.15) is 9.61 Å². The van der Waals surface area contributed by atoms with Crippen LogP contribution in [0.15, 0.2) is 36.7 Å².